The van der Waals surface area contributed by atoms with E-state index in [2.05, 4.69) is 105 Å². The largest absolute Gasteiger partial charge is 0.512 e. The van der Waals surface area contributed by atoms with E-state index < -0.39 is 68.5 Å². The lowest BCUT2D eigenvalue weighted by molar-refractivity contribution is 0.104. The number of benzene rings is 4. The second-order valence-corrected chi connectivity index (χ2v) is 49.0. The smallest absolute Gasteiger partial charge is 0.413 e. The molecule has 320 valence electrons. The first kappa shape index (κ1) is 48.3. The van der Waals surface area contributed by atoms with Crippen molar-refractivity contribution in [2.75, 3.05) is 0 Å². The average molecular weight is 946 g/mol. The quantitative estimate of drug-likeness (QED) is 0.103. The van der Waals surface area contributed by atoms with Crippen LogP contribution in [-0.4, -0.2) is 68.5 Å². The fourth-order valence-corrected chi connectivity index (χ4v) is 39.6. The Hall–Kier alpha value is -2.74. The maximum Gasteiger partial charge on any atom is 0.512 e. The van der Waals surface area contributed by atoms with Crippen molar-refractivity contribution in [2.24, 2.45) is 0 Å². The molecule has 1 aliphatic rings. The van der Waals surface area contributed by atoms with Gasteiger partial charge in [-0.3, -0.25) is 0 Å². The summed E-state index contributed by atoms with van der Waals surface area (Å²) in [6.45, 7) is 41.9. The molecule has 1 saturated heterocycles. The van der Waals surface area contributed by atoms with Crippen LogP contribution in [0, 0.1) is 0 Å². The van der Waals surface area contributed by atoms with Gasteiger partial charge in [0.15, 0.2) is 33.3 Å². The van der Waals surface area contributed by atoms with E-state index in [1.165, 1.54) is 0 Å². The minimum absolute atomic E-state index is 0.732. The summed E-state index contributed by atoms with van der Waals surface area (Å²) in [7, 11) is -27.6. The summed E-state index contributed by atoms with van der Waals surface area (Å²) in [5, 5.41) is 2.93. The van der Waals surface area contributed by atoms with Gasteiger partial charge in [0.25, 0.3) is 0 Å². The monoisotopic (exact) mass is 944 g/mol. The fourth-order valence-electron chi connectivity index (χ4n) is 6.57. The Balaban J connectivity index is 2.07. The third-order valence-electron chi connectivity index (χ3n) is 8.84. The molecule has 0 bridgehead atoms. The highest BCUT2D eigenvalue weighted by atomic mass is 28.6. The lowest BCUT2D eigenvalue weighted by atomic mass is 10.2. The Labute approximate surface area is 368 Å². The molecule has 0 unspecified atom stereocenters. The van der Waals surface area contributed by atoms with Crippen molar-refractivity contribution in [3.63, 3.8) is 0 Å². The van der Waals surface area contributed by atoms with E-state index in [0.717, 1.165) is 43.0 Å². The van der Waals surface area contributed by atoms with Crippen LogP contribution in [0.15, 0.2) is 123 Å². The molecule has 0 spiro atoms. The molecule has 16 heteroatoms. The van der Waals surface area contributed by atoms with Gasteiger partial charge in [-0.15, -0.1) is 0 Å². The SMILES string of the molecule is C=Cc1ccc([Si]2(O[Si](C)(C)C)O[Si](O[Si](C)(C)C)(c3ccc(C=C)cc3)O[Si](O[Si](C)(C)C)(c3ccc(C=C)cc3)O[Si](O[Si](C)(C)C)(c3ccc(C=C)cc3)O2)cc1. The third-order valence-corrected chi connectivity index (χ3v) is 35.7. The van der Waals surface area contributed by atoms with Gasteiger partial charge in [0, 0.05) is 20.7 Å². The van der Waals surface area contributed by atoms with Gasteiger partial charge in [-0.25, -0.2) is 0 Å². The standard InChI is InChI=1S/C44H64O8Si8/c1-17-37-21-29-41(30-22-37)57(45-53(5,6)7)49-58(46-54(8,9)10,42-31-23-38(18-2)24-32-42)51-60(48-56(14,15)16,44-35-27-40(20-4)28-36-44)52-59(50-57,47-55(11,12)13)43-33-25-39(19-3)26-34-43/h17-36H,1-4H2,5-16H3. The van der Waals surface area contributed by atoms with Crippen LogP contribution < -0.4 is 20.7 Å². The molecule has 60 heavy (non-hydrogen) atoms. The van der Waals surface area contributed by atoms with Crippen molar-refractivity contribution in [3.05, 3.63) is 146 Å². The van der Waals surface area contributed by atoms with Gasteiger partial charge in [0.2, 0.25) is 0 Å². The van der Waals surface area contributed by atoms with Gasteiger partial charge in [-0.05, 0) is 101 Å². The molecule has 1 aliphatic heterocycles. The molecule has 0 aromatic heterocycles. The van der Waals surface area contributed by atoms with E-state index in [1.54, 1.807) is 0 Å². The van der Waals surface area contributed by atoms with E-state index in [1.807, 2.05) is 121 Å². The minimum Gasteiger partial charge on any atom is -0.413 e. The van der Waals surface area contributed by atoms with Crippen LogP contribution in [0.4, 0.5) is 0 Å². The summed E-state index contributed by atoms with van der Waals surface area (Å²) in [4.78, 5) is 0. The van der Waals surface area contributed by atoms with Crippen LogP contribution >= 0.6 is 0 Å². The van der Waals surface area contributed by atoms with Gasteiger partial charge < -0.3 is 32.9 Å². The van der Waals surface area contributed by atoms with Crippen molar-refractivity contribution in [1.29, 1.82) is 0 Å². The number of rotatable bonds is 16. The minimum atomic E-state index is -4.31. The molecule has 4 aromatic rings. The number of hydrogen-bond donors (Lipinski definition) is 0. The molecule has 1 fully saturated rings. The van der Waals surface area contributed by atoms with Gasteiger partial charge in [-0.1, -0.05) is 148 Å². The van der Waals surface area contributed by atoms with Crippen LogP contribution in [0.3, 0.4) is 0 Å². The molecule has 0 N–H and O–H groups in total. The number of hydrogen-bond acceptors (Lipinski definition) is 8. The summed E-state index contributed by atoms with van der Waals surface area (Å²) in [6, 6.07) is 32.2. The maximum absolute atomic E-state index is 8.04. The molecular formula is C44H64O8Si8. The Morgan fingerprint density at radius 1 is 0.317 bits per heavy atom. The molecule has 0 radical (unpaired) electrons. The summed E-state index contributed by atoms with van der Waals surface area (Å²) in [5.41, 5.74) is 3.76. The second kappa shape index (κ2) is 18.2. The normalized spacial score (nSPS) is 24.2. The lowest BCUT2D eigenvalue weighted by Crippen LogP contribution is -2.84. The van der Waals surface area contributed by atoms with Crippen LogP contribution in [0.25, 0.3) is 24.3 Å². The first-order valence-corrected chi connectivity index (χ1v) is 40.9. The molecule has 0 aliphatic carbocycles. The fraction of sp³-hybridized carbons (Fsp3) is 0.273. The van der Waals surface area contributed by atoms with Crippen LogP contribution in [-0.2, 0) is 32.9 Å². The molecule has 1 heterocycles. The van der Waals surface area contributed by atoms with Gasteiger partial charge in [0.1, 0.15) is 0 Å². The summed E-state index contributed by atoms with van der Waals surface area (Å²) in [6.07, 6.45) is 7.27. The Morgan fingerprint density at radius 3 is 0.583 bits per heavy atom. The van der Waals surface area contributed by atoms with E-state index in [0.29, 0.717) is 0 Å². The summed E-state index contributed by atoms with van der Waals surface area (Å²) < 4.78 is 62.4. The molecule has 4 aromatic carbocycles. The van der Waals surface area contributed by atoms with Crippen LogP contribution in [0.1, 0.15) is 22.3 Å². The maximum atomic E-state index is 8.04. The van der Waals surface area contributed by atoms with Crippen molar-refractivity contribution in [3.8, 4) is 0 Å². The lowest BCUT2D eigenvalue weighted by Gasteiger charge is -2.53. The molecule has 0 saturated carbocycles. The van der Waals surface area contributed by atoms with E-state index >= 15 is 0 Å². The van der Waals surface area contributed by atoms with Crippen molar-refractivity contribution in [2.45, 2.75) is 78.6 Å². The third kappa shape index (κ3) is 11.8. The van der Waals surface area contributed by atoms with Crippen molar-refractivity contribution >= 4 is 114 Å². The van der Waals surface area contributed by atoms with Crippen molar-refractivity contribution < 1.29 is 32.9 Å². The summed E-state index contributed by atoms with van der Waals surface area (Å²) >= 11 is 0. The molecule has 0 amide bonds. The predicted molar refractivity (Wildman–Crippen MR) is 270 cm³/mol. The average Bonchev–Trinajstić information content (AvgIpc) is 3.14. The topological polar surface area (TPSA) is 73.8 Å². The van der Waals surface area contributed by atoms with E-state index in [-0.39, 0.29) is 0 Å². The Bertz CT molecular complexity index is 1820. The molecule has 8 nitrogen and oxygen atoms in total. The predicted octanol–water partition coefficient (Wildman–Crippen LogP) is 9.43. The van der Waals surface area contributed by atoms with Crippen molar-refractivity contribution in [1.82, 2.24) is 0 Å². The molecule has 0 atom stereocenters. The Kier molecular flexibility index (Phi) is 14.6. The van der Waals surface area contributed by atoms with Crippen LogP contribution in [0.5, 0.6) is 0 Å². The highest BCUT2D eigenvalue weighted by molar-refractivity contribution is 7.06. The van der Waals surface area contributed by atoms with E-state index in [4.69, 9.17) is 32.9 Å². The highest BCUT2D eigenvalue weighted by Crippen LogP contribution is 2.38. The van der Waals surface area contributed by atoms with E-state index in [9.17, 15) is 0 Å². The second-order valence-electron chi connectivity index (χ2n) is 18.8. The molecular weight excluding hydrogens is 881 g/mol. The van der Waals surface area contributed by atoms with Gasteiger partial charge in [0.05, 0.1) is 0 Å². The summed E-state index contributed by atoms with van der Waals surface area (Å²) in [5.74, 6) is 0. The van der Waals surface area contributed by atoms with Gasteiger partial charge in [-0.2, -0.15) is 0 Å². The first-order valence-electron chi connectivity index (χ1n) is 20.3. The highest BCUT2D eigenvalue weighted by Gasteiger charge is 2.72. The zero-order valence-electron chi connectivity index (χ0n) is 37.6. The first-order chi connectivity index (χ1) is 27.8. The zero-order valence-corrected chi connectivity index (χ0v) is 45.6. The Morgan fingerprint density at radius 2 is 0.467 bits per heavy atom. The molecule has 5 rings (SSSR count). The van der Waals surface area contributed by atoms with Gasteiger partial charge >= 0.3 is 35.2 Å². The zero-order chi connectivity index (χ0) is 44.4. The van der Waals surface area contributed by atoms with Crippen LogP contribution in [0.2, 0.25) is 78.6 Å².